The predicted octanol–water partition coefficient (Wildman–Crippen LogP) is 2.54. The Morgan fingerprint density at radius 1 is 1.04 bits per heavy atom. The normalized spacial score (nSPS) is 12.0. The molecular weight excluding hydrogens is 344 g/mol. The molecule has 0 fully saturated rings. The van der Waals surface area contributed by atoms with Gasteiger partial charge >= 0.3 is 5.69 Å². The Kier molecular flexibility index (Phi) is 6.98. The summed E-state index contributed by atoms with van der Waals surface area (Å²) in [4.78, 5) is 38.2. The number of carbonyl (C=O) groups is 1. The van der Waals surface area contributed by atoms with Gasteiger partial charge in [-0.25, -0.2) is 4.79 Å². The fourth-order valence-electron chi connectivity index (χ4n) is 3.16. The van der Waals surface area contributed by atoms with Gasteiger partial charge < -0.3 is 11.1 Å². The summed E-state index contributed by atoms with van der Waals surface area (Å²) in [6.45, 7) is 6.37. The molecule has 0 aliphatic rings. The molecule has 0 unspecified atom stereocenters. The summed E-state index contributed by atoms with van der Waals surface area (Å²) in [6.07, 6.45) is 1.89. The Bertz CT molecular complexity index is 900. The molecule has 1 aromatic heterocycles. The number of nitrogens with two attached hydrogens (primary N) is 1. The van der Waals surface area contributed by atoms with Crippen molar-refractivity contribution in [3.8, 4) is 0 Å². The molecule has 0 saturated carbocycles. The van der Waals surface area contributed by atoms with E-state index in [4.69, 9.17) is 5.73 Å². The molecule has 1 heterocycles. The lowest BCUT2D eigenvalue weighted by atomic mass is 9.95. The summed E-state index contributed by atoms with van der Waals surface area (Å²) in [5.41, 5.74) is 5.96. The average molecular weight is 372 g/mol. The fraction of sp³-hybridized carbons (Fsp3) is 0.450. The largest absolute Gasteiger partial charge is 0.383 e. The zero-order valence-corrected chi connectivity index (χ0v) is 16.2. The highest BCUT2D eigenvalue weighted by molar-refractivity contribution is 5.97. The van der Waals surface area contributed by atoms with Crippen molar-refractivity contribution in [1.29, 1.82) is 0 Å². The molecule has 1 atom stereocenters. The first kappa shape index (κ1) is 20.5. The summed E-state index contributed by atoms with van der Waals surface area (Å²) in [7, 11) is 0. The second kappa shape index (κ2) is 9.21. The molecule has 3 N–H and O–H groups in total. The SMILES string of the molecule is CCCn1c(N)c(NC(=O)[C@@H](CC)c2ccccc2)c(=O)n(CCC)c1=O. The molecule has 2 rings (SSSR count). The molecule has 27 heavy (non-hydrogen) atoms. The van der Waals surface area contributed by atoms with Crippen LogP contribution in [0.15, 0.2) is 39.9 Å². The van der Waals surface area contributed by atoms with Crippen molar-refractivity contribution in [3.05, 3.63) is 56.7 Å². The van der Waals surface area contributed by atoms with Gasteiger partial charge in [0.2, 0.25) is 5.91 Å². The number of benzene rings is 1. The lowest BCUT2D eigenvalue weighted by Crippen LogP contribution is -2.43. The molecule has 0 aliphatic heterocycles. The molecule has 1 aromatic carbocycles. The van der Waals surface area contributed by atoms with Crippen molar-refractivity contribution in [2.45, 2.75) is 59.0 Å². The Balaban J connectivity index is 2.49. The maximum atomic E-state index is 12.9. The van der Waals surface area contributed by atoms with Gasteiger partial charge in [-0.2, -0.15) is 0 Å². The van der Waals surface area contributed by atoms with Crippen molar-refractivity contribution >= 4 is 17.4 Å². The van der Waals surface area contributed by atoms with E-state index < -0.39 is 17.2 Å². The predicted molar refractivity (Wildman–Crippen MR) is 108 cm³/mol. The van der Waals surface area contributed by atoms with Crippen LogP contribution in [0.3, 0.4) is 0 Å². The van der Waals surface area contributed by atoms with Crippen molar-refractivity contribution in [3.63, 3.8) is 0 Å². The van der Waals surface area contributed by atoms with Crippen molar-refractivity contribution in [2.75, 3.05) is 11.1 Å². The molecule has 7 heteroatoms. The van der Waals surface area contributed by atoms with Crippen LogP contribution in [0.1, 0.15) is 51.5 Å². The van der Waals surface area contributed by atoms with Gasteiger partial charge in [-0.15, -0.1) is 0 Å². The van der Waals surface area contributed by atoms with Gasteiger partial charge in [0.1, 0.15) is 11.5 Å². The number of carbonyl (C=O) groups excluding carboxylic acids is 1. The molecule has 7 nitrogen and oxygen atoms in total. The first-order valence-corrected chi connectivity index (χ1v) is 9.45. The summed E-state index contributed by atoms with van der Waals surface area (Å²) < 4.78 is 2.50. The van der Waals surface area contributed by atoms with E-state index in [0.29, 0.717) is 25.8 Å². The lowest BCUT2D eigenvalue weighted by molar-refractivity contribution is -0.117. The first-order chi connectivity index (χ1) is 13.0. The Hall–Kier alpha value is -2.83. The zero-order valence-electron chi connectivity index (χ0n) is 16.2. The summed E-state index contributed by atoms with van der Waals surface area (Å²) in [5, 5.41) is 2.70. The molecule has 0 radical (unpaired) electrons. The standard InChI is InChI=1S/C20H28N4O3/c1-4-12-23-17(21)16(19(26)24(13-5-2)20(23)27)22-18(25)15(6-3)14-10-8-7-9-11-14/h7-11,15H,4-6,12-13,21H2,1-3H3,(H,22,25)/t15-/m0/s1. The Labute approximate surface area is 158 Å². The fourth-order valence-corrected chi connectivity index (χ4v) is 3.16. The lowest BCUT2D eigenvalue weighted by Gasteiger charge is -2.19. The minimum atomic E-state index is -0.553. The van der Waals surface area contributed by atoms with Crippen LogP contribution in [0.4, 0.5) is 11.5 Å². The van der Waals surface area contributed by atoms with Crippen molar-refractivity contribution < 1.29 is 4.79 Å². The quantitative estimate of drug-likeness (QED) is 0.744. The van der Waals surface area contributed by atoms with Crippen LogP contribution in [0.2, 0.25) is 0 Å². The van der Waals surface area contributed by atoms with E-state index in [1.165, 1.54) is 4.57 Å². The molecule has 146 valence electrons. The smallest absolute Gasteiger partial charge is 0.332 e. The van der Waals surface area contributed by atoms with Crippen LogP contribution in [0.5, 0.6) is 0 Å². The van der Waals surface area contributed by atoms with Crippen molar-refractivity contribution in [1.82, 2.24) is 9.13 Å². The molecular formula is C20H28N4O3. The van der Waals surface area contributed by atoms with E-state index in [1.54, 1.807) is 0 Å². The highest BCUT2D eigenvalue weighted by Crippen LogP contribution is 2.22. The van der Waals surface area contributed by atoms with Crippen LogP contribution in [0.25, 0.3) is 0 Å². The summed E-state index contributed by atoms with van der Waals surface area (Å²) in [5.74, 6) is -0.705. The third kappa shape index (κ3) is 4.30. The van der Waals surface area contributed by atoms with Crippen LogP contribution in [0, 0.1) is 0 Å². The minimum Gasteiger partial charge on any atom is -0.383 e. The number of aromatic nitrogens is 2. The number of nitrogen functional groups attached to an aromatic ring is 1. The van der Waals surface area contributed by atoms with E-state index in [9.17, 15) is 14.4 Å². The first-order valence-electron chi connectivity index (χ1n) is 9.45. The molecule has 2 aromatic rings. The summed E-state index contributed by atoms with van der Waals surface area (Å²) in [6, 6.07) is 9.38. The monoisotopic (exact) mass is 372 g/mol. The van der Waals surface area contributed by atoms with E-state index in [2.05, 4.69) is 5.32 Å². The number of nitrogens with zero attached hydrogens (tertiary/aromatic N) is 2. The van der Waals surface area contributed by atoms with E-state index in [1.807, 2.05) is 51.1 Å². The maximum Gasteiger partial charge on any atom is 0.332 e. The molecule has 0 aliphatic carbocycles. The van der Waals surface area contributed by atoms with E-state index in [0.717, 1.165) is 10.1 Å². The third-order valence-corrected chi connectivity index (χ3v) is 4.54. The Morgan fingerprint density at radius 2 is 1.63 bits per heavy atom. The highest BCUT2D eigenvalue weighted by atomic mass is 16.2. The molecule has 0 spiro atoms. The van der Waals surface area contributed by atoms with Gasteiger partial charge in [-0.3, -0.25) is 18.7 Å². The zero-order chi connectivity index (χ0) is 20.0. The van der Waals surface area contributed by atoms with Crippen LogP contribution >= 0.6 is 0 Å². The van der Waals surface area contributed by atoms with Crippen LogP contribution in [-0.2, 0) is 17.9 Å². The van der Waals surface area contributed by atoms with Crippen LogP contribution in [-0.4, -0.2) is 15.0 Å². The van der Waals surface area contributed by atoms with Gasteiger partial charge in [-0.05, 0) is 24.8 Å². The minimum absolute atomic E-state index is 0.00969. The maximum absolute atomic E-state index is 12.9. The number of rotatable bonds is 8. The van der Waals surface area contributed by atoms with Gasteiger partial charge in [0.05, 0.1) is 5.92 Å². The number of amides is 1. The molecule has 0 saturated heterocycles. The Morgan fingerprint density at radius 3 is 2.19 bits per heavy atom. The van der Waals surface area contributed by atoms with Gasteiger partial charge in [-0.1, -0.05) is 51.1 Å². The van der Waals surface area contributed by atoms with Crippen LogP contribution < -0.4 is 22.3 Å². The third-order valence-electron chi connectivity index (χ3n) is 4.54. The molecule has 0 bridgehead atoms. The number of hydrogen-bond acceptors (Lipinski definition) is 4. The topological polar surface area (TPSA) is 99.1 Å². The van der Waals surface area contributed by atoms with Gasteiger partial charge in [0, 0.05) is 13.1 Å². The average Bonchev–Trinajstić information content (AvgIpc) is 2.67. The molecule has 1 amide bonds. The number of anilines is 2. The number of hydrogen-bond donors (Lipinski definition) is 2. The number of nitrogens with one attached hydrogen (secondary N) is 1. The second-order valence-electron chi connectivity index (χ2n) is 6.51. The van der Waals surface area contributed by atoms with E-state index in [-0.39, 0.29) is 24.0 Å². The van der Waals surface area contributed by atoms with E-state index >= 15 is 0 Å². The summed E-state index contributed by atoms with van der Waals surface area (Å²) >= 11 is 0. The van der Waals surface area contributed by atoms with Gasteiger partial charge in [0.25, 0.3) is 5.56 Å². The second-order valence-corrected chi connectivity index (χ2v) is 6.51. The van der Waals surface area contributed by atoms with Crippen molar-refractivity contribution in [2.24, 2.45) is 0 Å². The van der Waals surface area contributed by atoms with Gasteiger partial charge in [0.15, 0.2) is 0 Å². The highest BCUT2D eigenvalue weighted by Gasteiger charge is 2.23.